The zero-order chi connectivity index (χ0) is 46.5. The van der Waals surface area contributed by atoms with E-state index in [9.17, 15) is 14.4 Å². The Morgan fingerprint density at radius 1 is 0.328 bits per heavy atom. The van der Waals surface area contributed by atoms with Crippen molar-refractivity contribution in [3.8, 4) is 0 Å². The van der Waals surface area contributed by atoms with Gasteiger partial charge in [-0.1, -0.05) is 203 Å². The average molecular weight is 893 g/mol. The lowest BCUT2D eigenvalue weighted by atomic mass is 10.1. The second-order valence-corrected chi connectivity index (χ2v) is 17.7. The Hall–Kier alpha value is -3.15. The summed E-state index contributed by atoms with van der Waals surface area (Å²) in [4.78, 5) is 38.0. The largest absolute Gasteiger partial charge is 0.462 e. The van der Waals surface area contributed by atoms with Crippen LogP contribution in [0.25, 0.3) is 0 Å². The van der Waals surface area contributed by atoms with E-state index in [0.29, 0.717) is 19.3 Å². The molecule has 0 N–H and O–H groups in total. The molecule has 0 spiro atoms. The van der Waals surface area contributed by atoms with Crippen molar-refractivity contribution in [2.45, 2.75) is 264 Å². The maximum Gasteiger partial charge on any atom is 0.306 e. The van der Waals surface area contributed by atoms with E-state index >= 15 is 0 Å². The minimum atomic E-state index is -0.803. The molecule has 0 rings (SSSR count). The first-order chi connectivity index (χ1) is 31.5. The normalized spacial score (nSPS) is 12.6. The van der Waals surface area contributed by atoms with Crippen LogP contribution in [0, 0.1) is 0 Å². The van der Waals surface area contributed by atoms with Crippen molar-refractivity contribution in [1.82, 2.24) is 0 Å². The van der Waals surface area contributed by atoms with Gasteiger partial charge in [-0.15, -0.1) is 0 Å². The first-order valence-electron chi connectivity index (χ1n) is 26.9. The molecule has 0 amide bonds. The Balaban J connectivity index is 4.46. The third-order valence-corrected chi connectivity index (χ3v) is 11.4. The first-order valence-corrected chi connectivity index (χ1v) is 26.9. The van der Waals surface area contributed by atoms with Crippen LogP contribution in [-0.2, 0) is 28.6 Å². The molecule has 0 fully saturated rings. The van der Waals surface area contributed by atoms with E-state index in [1.807, 2.05) is 0 Å². The molecule has 0 aliphatic rings. The van der Waals surface area contributed by atoms with Crippen molar-refractivity contribution in [3.63, 3.8) is 0 Å². The number of ether oxygens (including phenoxy) is 3. The van der Waals surface area contributed by atoms with Gasteiger partial charge in [-0.25, -0.2) is 0 Å². The summed E-state index contributed by atoms with van der Waals surface area (Å²) in [5, 5.41) is 0. The highest BCUT2D eigenvalue weighted by molar-refractivity contribution is 5.71. The molecule has 368 valence electrons. The number of esters is 3. The molecule has 0 bridgehead atoms. The molecule has 0 unspecified atom stereocenters. The molecule has 0 radical (unpaired) electrons. The number of rotatable bonds is 48. The molecule has 0 aliphatic heterocycles. The summed E-state index contributed by atoms with van der Waals surface area (Å²) in [6, 6.07) is 0. The maximum atomic E-state index is 12.8. The monoisotopic (exact) mass is 893 g/mol. The van der Waals surface area contributed by atoms with Crippen LogP contribution in [0.5, 0.6) is 0 Å². The van der Waals surface area contributed by atoms with Gasteiger partial charge < -0.3 is 14.2 Å². The van der Waals surface area contributed by atoms with E-state index in [2.05, 4.69) is 93.7 Å². The highest BCUT2D eigenvalue weighted by Gasteiger charge is 2.19. The summed E-state index contributed by atoms with van der Waals surface area (Å²) in [5.41, 5.74) is 0. The van der Waals surface area contributed by atoms with Crippen molar-refractivity contribution in [2.24, 2.45) is 0 Å². The van der Waals surface area contributed by atoms with Crippen LogP contribution in [0.3, 0.4) is 0 Å². The molecule has 6 heteroatoms. The summed E-state index contributed by atoms with van der Waals surface area (Å²) in [6.07, 6.45) is 66.0. The van der Waals surface area contributed by atoms with E-state index in [0.717, 1.165) is 89.9 Å². The van der Waals surface area contributed by atoms with Crippen LogP contribution in [0.15, 0.2) is 72.9 Å². The molecule has 64 heavy (non-hydrogen) atoms. The van der Waals surface area contributed by atoms with E-state index < -0.39 is 6.10 Å². The van der Waals surface area contributed by atoms with Crippen molar-refractivity contribution >= 4 is 17.9 Å². The molecule has 0 aliphatic carbocycles. The standard InChI is InChI=1S/C58H100O6/c1-4-7-10-13-16-19-22-25-28-31-33-36-39-42-45-48-51-57(60)63-54-55(64-58(61)52-49-46-43-40-37-34-30-27-24-21-18-15-12-9-6-3)53-62-56(59)50-47-44-41-38-35-32-29-26-23-20-17-14-11-8-5-2/h9,12,18,21,26-31,37,40,55H,4-8,10-11,13-17,19-20,22-25,32-36,38-39,41-54H2,1-3H3/b12-9-,21-18-,29-26-,30-27-,31-28-,40-37-/t55-/m1/s1. The zero-order valence-electron chi connectivity index (χ0n) is 42.0. The van der Waals surface area contributed by atoms with Gasteiger partial charge in [0.15, 0.2) is 6.10 Å². The molecule has 0 aromatic rings. The topological polar surface area (TPSA) is 78.9 Å². The van der Waals surface area contributed by atoms with Gasteiger partial charge in [0.1, 0.15) is 13.2 Å². The van der Waals surface area contributed by atoms with E-state index in [-0.39, 0.29) is 37.5 Å². The molecule has 0 saturated carbocycles. The Morgan fingerprint density at radius 2 is 0.609 bits per heavy atom. The lowest BCUT2D eigenvalue weighted by molar-refractivity contribution is -0.167. The van der Waals surface area contributed by atoms with Crippen molar-refractivity contribution in [3.05, 3.63) is 72.9 Å². The van der Waals surface area contributed by atoms with Gasteiger partial charge >= 0.3 is 17.9 Å². The summed E-state index contributed by atoms with van der Waals surface area (Å²) < 4.78 is 16.8. The van der Waals surface area contributed by atoms with Crippen LogP contribution in [0.1, 0.15) is 258 Å². The van der Waals surface area contributed by atoms with Gasteiger partial charge in [0, 0.05) is 19.3 Å². The van der Waals surface area contributed by atoms with Crippen molar-refractivity contribution in [1.29, 1.82) is 0 Å². The number of carbonyl (C=O) groups is 3. The lowest BCUT2D eigenvalue weighted by Gasteiger charge is -2.18. The van der Waals surface area contributed by atoms with Gasteiger partial charge in [-0.05, 0) is 109 Å². The average Bonchev–Trinajstić information content (AvgIpc) is 3.29. The highest BCUT2D eigenvalue weighted by Crippen LogP contribution is 2.14. The van der Waals surface area contributed by atoms with Crippen LogP contribution in [0.4, 0.5) is 0 Å². The Bertz CT molecular complexity index is 1210. The predicted octanol–water partition coefficient (Wildman–Crippen LogP) is 17.8. The minimum absolute atomic E-state index is 0.0988. The molecule has 0 aromatic carbocycles. The molecule has 0 aromatic heterocycles. The fourth-order valence-corrected chi connectivity index (χ4v) is 7.36. The summed E-state index contributed by atoms with van der Waals surface area (Å²) in [6.45, 7) is 6.47. The summed E-state index contributed by atoms with van der Waals surface area (Å²) >= 11 is 0. The smallest absolute Gasteiger partial charge is 0.306 e. The van der Waals surface area contributed by atoms with Gasteiger partial charge in [-0.3, -0.25) is 14.4 Å². The number of hydrogen-bond acceptors (Lipinski definition) is 6. The fraction of sp³-hybridized carbons (Fsp3) is 0.741. The lowest BCUT2D eigenvalue weighted by Crippen LogP contribution is -2.30. The van der Waals surface area contributed by atoms with Crippen LogP contribution >= 0.6 is 0 Å². The van der Waals surface area contributed by atoms with Gasteiger partial charge in [0.2, 0.25) is 0 Å². The number of unbranched alkanes of at least 4 members (excludes halogenated alkanes) is 25. The van der Waals surface area contributed by atoms with Gasteiger partial charge in [-0.2, -0.15) is 0 Å². The van der Waals surface area contributed by atoms with Crippen molar-refractivity contribution < 1.29 is 28.6 Å². The van der Waals surface area contributed by atoms with Crippen molar-refractivity contribution in [2.75, 3.05) is 13.2 Å². The highest BCUT2D eigenvalue weighted by atomic mass is 16.6. The van der Waals surface area contributed by atoms with Crippen LogP contribution in [-0.4, -0.2) is 37.2 Å². The molecule has 0 heterocycles. The Kier molecular flexibility index (Phi) is 49.9. The number of hydrogen-bond donors (Lipinski definition) is 0. The third-order valence-electron chi connectivity index (χ3n) is 11.4. The molecule has 1 atom stereocenters. The van der Waals surface area contributed by atoms with E-state index in [1.54, 1.807) is 0 Å². The SMILES string of the molecule is CC/C=C\C/C=C\C/C=C\C/C=C\CCCCC(=O)O[C@H](COC(=O)CCCCCCC/C=C\CCCCCCCC)COC(=O)CCCCCCC/C=C\CCCCCCCCC. The van der Waals surface area contributed by atoms with Crippen LogP contribution < -0.4 is 0 Å². The molecular weight excluding hydrogens is 793 g/mol. The quantitative estimate of drug-likeness (QED) is 0.0262. The second kappa shape index (κ2) is 52.5. The summed E-state index contributed by atoms with van der Waals surface area (Å²) in [7, 11) is 0. The first kappa shape index (κ1) is 60.9. The number of allylic oxidation sites excluding steroid dienone is 12. The van der Waals surface area contributed by atoms with Gasteiger partial charge in [0.05, 0.1) is 0 Å². The third kappa shape index (κ3) is 49.9. The van der Waals surface area contributed by atoms with E-state index in [1.165, 1.54) is 122 Å². The number of carbonyl (C=O) groups excluding carboxylic acids is 3. The maximum absolute atomic E-state index is 12.8. The minimum Gasteiger partial charge on any atom is -0.462 e. The summed E-state index contributed by atoms with van der Waals surface area (Å²) in [5.74, 6) is -0.953. The van der Waals surface area contributed by atoms with E-state index in [4.69, 9.17) is 14.2 Å². The Labute approximate surface area is 395 Å². The molecule has 0 saturated heterocycles. The second-order valence-electron chi connectivity index (χ2n) is 17.7. The van der Waals surface area contributed by atoms with Gasteiger partial charge in [0.25, 0.3) is 0 Å². The molecular formula is C58H100O6. The van der Waals surface area contributed by atoms with Crippen LogP contribution in [0.2, 0.25) is 0 Å². The predicted molar refractivity (Wildman–Crippen MR) is 274 cm³/mol. The zero-order valence-corrected chi connectivity index (χ0v) is 42.0. The Morgan fingerprint density at radius 3 is 1.00 bits per heavy atom. The molecule has 6 nitrogen and oxygen atoms in total. The fourth-order valence-electron chi connectivity index (χ4n) is 7.36.